The van der Waals surface area contributed by atoms with Crippen molar-refractivity contribution in [3.05, 3.63) is 137 Å². The number of pyridine rings is 1. The van der Waals surface area contributed by atoms with Crippen LogP contribution in [0.15, 0.2) is 126 Å². The minimum atomic E-state index is -2.57. The Balaban J connectivity index is 1.49. The number of rotatable bonds is 1. The highest BCUT2D eigenvalue weighted by Crippen LogP contribution is 2.41. The van der Waals surface area contributed by atoms with Crippen LogP contribution in [0.5, 0.6) is 0 Å². The Hall–Kier alpha value is -4.67. The van der Waals surface area contributed by atoms with Crippen LogP contribution in [-0.2, 0) is 7.05 Å². The number of aromatic nitrogens is 1. The average molecular weight is 519 g/mol. The van der Waals surface area contributed by atoms with Gasteiger partial charge in [0.2, 0.25) is 0 Å². The molecule has 3 heterocycles. The highest BCUT2D eigenvalue weighted by Gasteiger charge is 2.53. The number of fused-ring (bicyclic) bond motifs is 10. The fraction of sp³-hybridized carbons (Fsp3) is 0.0571. The van der Waals surface area contributed by atoms with Crippen LogP contribution in [0.2, 0.25) is 0 Å². The first-order valence-electron chi connectivity index (χ1n) is 13.4. The van der Waals surface area contributed by atoms with Crippen LogP contribution < -0.4 is 31.1 Å². The topological polar surface area (TPSA) is 25.2 Å². The maximum atomic E-state index is 13.3. The minimum Gasteiger partial charge on any atom is -0.350 e. The molecule has 2 aliphatic heterocycles. The Labute approximate surface area is 228 Å². The second kappa shape index (κ2) is 7.92. The molecule has 0 saturated carbocycles. The Kier molecular flexibility index (Phi) is 4.53. The molecule has 4 heteroatoms. The summed E-state index contributed by atoms with van der Waals surface area (Å²) in [5.41, 5.74) is 7.88. The van der Waals surface area contributed by atoms with Gasteiger partial charge in [-0.3, -0.25) is 4.79 Å². The molecule has 0 amide bonds. The molecule has 6 aromatic rings. The standard InChI is InChI=1S/C35H26N2OSi/c1-23-22-36(2)28-20-19-24(21-27(28)35(23)38)37-29-13-5-9-17-33(29)39(34-18-10-6-14-30(34)37)31-15-7-3-11-25(31)26-12-4-8-16-32(26)39/h3-22H,1-2H3. The quantitative estimate of drug-likeness (QED) is 0.286. The number of nitrogens with zero attached hydrogens (tertiary/aromatic N) is 2. The maximum absolute atomic E-state index is 13.3. The summed E-state index contributed by atoms with van der Waals surface area (Å²) in [6, 6.07) is 42.1. The minimum absolute atomic E-state index is 0.0908. The zero-order valence-corrected chi connectivity index (χ0v) is 22.8. The van der Waals surface area contributed by atoms with Crippen LogP contribution in [0.4, 0.5) is 17.1 Å². The van der Waals surface area contributed by atoms with Crippen molar-refractivity contribution in [2.75, 3.05) is 4.90 Å². The van der Waals surface area contributed by atoms with Gasteiger partial charge in [-0.15, -0.1) is 0 Å². The number of anilines is 3. The summed E-state index contributed by atoms with van der Waals surface area (Å²) in [6.07, 6.45) is 1.92. The summed E-state index contributed by atoms with van der Waals surface area (Å²) in [4.78, 5) is 15.6. The van der Waals surface area contributed by atoms with Gasteiger partial charge in [0.05, 0.1) is 5.52 Å². The summed E-state index contributed by atoms with van der Waals surface area (Å²) in [7, 11) is -0.563. The van der Waals surface area contributed by atoms with E-state index in [0.29, 0.717) is 0 Å². The Morgan fingerprint density at radius 1 is 0.615 bits per heavy atom. The normalized spacial score (nSPS) is 14.2. The fourth-order valence-electron chi connectivity index (χ4n) is 7.12. The molecule has 186 valence electrons. The first-order chi connectivity index (χ1) is 19.1. The van der Waals surface area contributed by atoms with E-state index >= 15 is 0 Å². The molecule has 1 aromatic heterocycles. The summed E-state index contributed by atoms with van der Waals surface area (Å²) < 4.78 is 2.04. The second-order valence-corrected chi connectivity index (χ2v) is 14.3. The van der Waals surface area contributed by atoms with E-state index in [2.05, 4.69) is 120 Å². The van der Waals surface area contributed by atoms with E-state index in [1.807, 2.05) is 24.7 Å². The third kappa shape index (κ3) is 2.79. The van der Waals surface area contributed by atoms with Gasteiger partial charge in [-0.2, -0.15) is 0 Å². The second-order valence-electron chi connectivity index (χ2n) is 10.7. The summed E-state index contributed by atoms with van der Waals surface area (Å²) in [6.45, 7) is 1.89. The average Bonchev–Trinajstić information content (AvgIpc) is 3.27. The van der Waals surface area contributed by atoms with Gasteiger partial charge in [0.1, 0.15) is 0 Å². The maximum Gasteiger partial charge on any atom is 0.192 e. The van der Waals surface area contributed by atoms with Crippen LogP contribution in [0.25, 0.3) is 22.0 Å². The lowest BCUT2D eigenvalue weighted by atomic mass is 10.1. The zero-order valence-electron chi connectivity index (χ0n) is 21.8. The van der Waals surface area contributed by atoms with E-state index in [4.69, 9.17) is 0 Å². The van der Waals surface area contributed by atoms with E-state index < -0.39 is 8.07 Å². The summed E-state index contributed by atoms with van der Waals surface area (Å²) in [5.74, 6) is 0. The predicted octanol–water partition coefficient (Wildman–Crippen LogP) is 4.99. The van der Waals surface area contributed by atoms with Crippen molar-refractivity contribution in [2.24, 2.45) is 7.05 Å². The number of benzene rings is 5. The van der Waals surface area contributed by atoms with E-state index in [1.165, 1.54) is 43.2 Å². The molecule has 0 unspecified atom stereocenters. The zero-order chi connectivity index (χ0) is 26.3. The van der Waals surface area contributed by atoms with Crippen molar-refractivity contribution in [3.63, 3.8) is 0 Å². The van der Waals surface area contributed by atoms with Gasteiger partial charge in [0, 0.05) is 41.3 Å². The molecule has 3 nitrogen and oxygen atoms in total. The molecule has 8 rings (SSSR count). The SMILES string of the molecule is Cc1cn(C)c2ccc(N3c4ccccc4[Si]4(c5ccccc5-c5ccccc54)c4ccccc43)cc2c1=O. The monoisotopic (exact) mass is 518 g/mol. The lowest BCUT2D eigenvalue weighted by molar-refractivity contribution is 0.939. The van der Waals surface area contributed by atoms with Crippen molar-refractivity contribution >= 4 is 56.8 Å². The first-order valence-corrected chi connectivity index (χ1v) is 15.4. The van der Waals surface area contributed by atoms with E-state index in [0.717, 1.165) is 22.2 Å². The van der Waals surface area contributed by atoms with Gasteiger partial charge in [-0.1, -0.05) is 84.9 Å². The fourth-order valence-corrected chi connectivity index (χ4v) is 12.7. The lowest BCUT2D eigenvalue weighted by Crippen LogP contribution is -2.75. The Bertz CT molecular complexity index is 1940. The van der Waals surface area contributed by atoms with Crippen molar-refractivity contribution in [2.45, 2.75) is 6.92 Å². The van der Waals surface area contributed by atoms with Gasteiger partial charge in [-0.05, 0) is 69.1 Å². The Morgan fingerprint density at radius 3 is 1.72 bits per heavy atom. The van der Waals surface area contributed by atoms with Crippen LogP contribution in [-0.4, -0.2) is 12.6 Å². The number of para-hydroxylation sites is 2. The largest absolute Gasteiger partial charge is 0.350 e. The molecule has 0 N–H and O–H groups in total. The molecular weight excluding hydrogens is 492 g/mol. The summed E-state index contributed by atoms with van der Waals surface area (Å²) >= 11 is 0. The molecule has 0 radical (unpaired) electrons. The number of hydrogen-bond donors (Lipinski definition) is 0. The van der Waals surface area contributed by atoms with Crippen molar-refractivity contribution in [1.29, 1.82) is 0 Å². The molecule has 5 aromatic carbocycles. The van der Waals surface area contributed by atoms with Crippen LogP contribution in [0.3, 0.4) is 0 Å². The molecule has 0 bridgehead atoms. The number of aryl methyl sites for hydroxylation is 2. The smallest absolute Gasteiger partial charge is 0.192 e. The van der Waals surface area contributed by atoms with Gasteiger partial charge in [0.25, 0.3) is 0 Å². The molecule has 39 heavy (non-hydrogen) atoms. The van der Waals surface area contributed by atoms with E-state index in [1.54, 1.807) is 0 Å². The van der Waals surface area contributed by atoms with Crippen molar-refractivity contribution in [1.82, 2.24) is 4.57 Å². The van der Waals surface area contributed by atoms with Crippen LogP contribution in [0, 0.1) is 6.92 Å². The molecule has 0 aliphatic carbocycles. The molecule has 0 atom stereocenters. The molecular formula is C35H26N2OSi. The third-order valence-corrected chi connectivity index (χ3v) is 13.6. The molecule has 1 spiro atoms. The van der Waals surface area contributed by atoms with Gasteiger partial charge in [-0.25, -0.2) is 0 Å². The lowest BCUT2D eigenvalue weighted by Gasteiger charge is -2.43. The summed E-state index contributed by atoms with van der Waals surface area (Å²) in [5, 5.41) is 6.43. The van der Waals surface area contributed by atoms with Crippen molar-refractivity contribution < 1.29 is 0 Å². The third-order valence-electron chi connectivity index (χ3n) is 8.66. The molecule has 0 fully saturated rings. The highest BCUT2D eigenvalue weighted by molar-refractivity contribution is 7.23. The Morgan fingerprint density at radius 2 is 1.13 bits per heavy atom. The van der Waals surface area contributed by atoms with E-state index in [9.17, 15) is 4.79 Å². The van der Waals surface area contributed by atoms with Crippen LogP contribution >= 0.6 is 0 Å². The number of hydrogen-bond acceptors (Lipinski definition) is 2. The molecule has 2 aliphatic rings. The predicted molar refractivity (Wildman–Crippen MR) is 165 cm³/mol. The van der Waals surface area contributed by atoms with Gasteiger partial charge < -0.3 is 9.47 Å². The van der Waals surface area contributed by atoms with Crippen molar-refractivity contribution in [3.8, 4) is 11.1 Å². The highest BCUT2D eigenvalue weighted by atomic mass is 28.3. The molecule has 0 saturated heterocycles. The van der Waals surface area contributed by atoms with Crippen LogP contribution in [0.1, 0.15) is 5.56 Å². The van der Waals surface area contributed by atoms with E-state index in [-0.39, 0.29) is 5.43 Å². The van der Waals surface area contributed by atoms with Gasteiger partial charge >= 0.3 is 0 Å². The van der Waals surface area contributed by atoms with Gasteiger partial charge in [0.15, 0.2) is 13.5 Å². The first kappa shape index (κ1) is 22.3.